The van der Waals surface area contributed by atoms with Gasteiger partial charge in [-0.2, -0.15) is 0 Å². The molecule has 1 unspecified atom stereocenters. The summed E-state index contributed by atoms with van der Waals surface area (Å²) < 4.78 is 47.4. The Hall–Kier alpha value is -3.93. The number of esters is 3. The molecule has 0 bridgehead atoms. The standard InChI is InChI=1S/C52H74Cl2O19/c1-12-30-21-25(4)33(57)17-15-14-16-31(23-67-51-45(66-11)42(62)44(29(8)68-51)70-49(65)35-32(13-2)36(53)39(59)37(54)38(35)58)48(64)69-34(28(7)56)19-18-24(3)20-26(5)43(30)71-50-41(61)40(60)46(52(9,10)73-50)72-47(63)27(6)22-55/h14-16,18,20-21,27-30,33-34,40-46,50-51,55-62H,12-13,17,19,22-23H2,1-11H3/b15-14+,24-18+,25-21+,26-20+,31-16+/t27?,28-,29-,30+,33+,34+,40-,41+,42+,43+,44-,45+,46+,50-,51-/m1/s1. The van der Waals surface area contributed by atoms with Crippen LogP contribution >= 0.6 is 23.2 Å². The maximum atomic E-state index is 14.0. The van der Waals surface area contributed by atoms with E-state index in [4.69, 9.17) is 61.1 Å². The number of aliphatic hydroxyl groups is 6. The number of hydrogen-bond acceptors (Lipinski definition) is 19. The lowest BCUT2D eigenvalue weighted by molar-refractivity contribution is -0.333. The molecule has 3 heterocycles. The zero-order valence-corrected chi connectivity index (χ0v) is 44.7. The zero-order valence-electron chi connectivity index (χ0n) is 43.2. The number of ether oxygens (including phenoxy) is 8. The van der Waals surface area contributed by atoms with Crippen molar-refractivity contribution in [2.24, 2.45) is 11.8 Å². The summed E-state index contributed by atoms with van der Waals surface area (Å²) in [6.07, 6.45) is -6.01. The summed E-state index contributed by atoms with van der Waals surface area (Å²) in [5, 5.41) is 85.9. The molecule has 8 N–H and O–H groups in total. The van der Waals surface area contributed by atoms with Crippen LogP contribution in [0.3, 0.4) is 0 Å². The first-order valence-corrected chi connectivity index (χ1v) is 25.1. The minimum absolute atomic E-state index is 0.0466. The Morgan fingerprint density at radius 1 is 0.918 bits per heavy atom. The summed E-state index contributed by atoms with van der Waals surface area (Å²) in [7, 11) is 1.26. The lowest BCUT2D eigenvalue weighted by Gasteiger charge is -2.47. The summed E-state index contributed by atoms with van der Waals surface area (Å²) in [5.74, 6) is -5.44. The van der Waals surface area contributed by atoms with Crippen molar-refractivity contribution in [3.8, 4) is 11.5 Å². The van der Waals surface area contributed by atoms with Crippen molar-refractivity contribution in [2.75, 3.05) is 20.3 Å². The van der Waals surface area contributed by atoms with Crippen LogP contribution in [0.15, 0.2) is 58.7 Å². The van der Waals surface area contributed by atoms with Crippen molar-refractivity contribution >= 4 is 41.1 Å². The van der Waals surface area contributed by atoms with E-state index in [0.29, 0.717) is 23.1 Å². The van der Waals surface area contributed by atoms with Gasteiger partial charge in [-0.05, 0) is 97.4 Å². The molecular formula is C52H74Cl2O19. The van der Waals surface area contributed by atoms with E-state index in [1.165, 1.54) is 40.0 Å². The number of hydrogen-bond donors (Lipinski definition) is 8. The van der Waals surface area contributed by atoms with Crippen LogP contribution in [-0.4, -0.2) is 164 Å². The van der Waals surface area contributed by atoms with Crippen LogP contribution in [0.1, 0.15) is 104 Å². The molecule has 2 saturated heterocycles. The average molecular weight is 1070 g/mol. The molecule has 410 valence electrons. The van der Waals surface area contributed by atoms with Gasteiger partial charge in [-0.15, -0.1) is 0 Å². The van der Waals surface area contributed by atoms with Crippen LogP contribution < -0.4 is 0 Å². The molecule has 0 aliphatic carbocycles. The summed E-state index contributed by atoms with van der Waals surface area (Å²) in [6, 6.07) is 0. The largest absolute Gasteiger partial charge is 0.505 e. The Morgan fingerprint density at radius 3 is 2.19 bits per heavy atom. The van der Waals surface area contributed by atoms with Gasteiger partial charge in [0.1, 0.15) is 46.7 Å². The first-order valence-electron chi connectivity index (χ1n) is 24.3. The number of rotatable bonds is 14. The summed E-state index contributed by atoms with van der Waals surface area (Å²) >= 11 is 12.3. The van der Waals surface area contributed by atoms with Crippen molar-refractivity contribution in [2.45, 2.75) is 180 Å². The van der Waals surface area contributed by atoms with Gasteiger partial charge in [0.05, 0.1) is 54.1 Å². The molecule has 73 heavy (non-hydrogen) atoms. The third-order valence-corrected chi connectivity index (χ3v) is 14.0. The topological polar surface area (TPSA) is 287 Å². The van der Waals surface area contributed by atoms with Crippen molar-refractivity contribution in [1.29, 1.82) is 0 Å². The van der Waals surface area contributed by atoms with Crippen molar-refractivity contribution in [3.63, 3.8) is 0 Å². The van der Waals surface area contributed by atoms with Gasteiger partial charge in [-0.3, -0.25) is 4.79 Å². The Kier molecular flexibility index (Phi) is 23.0. The number of phenolic OH excluding ortho intramolecular Hbond substituents is 2. The van der Waals surface area contributed by atoms with Gasteiger partial charge in [0.15, 0.2) is 36.3 Å². The summed E-state index contributed by atoms with van der Waals surface area (Å²) in [5.41, 5.74) is 0.153. The Bertz CT molecular complexity index is 2240. The number of halogens is 2. The fourth-order valence-electron chi connectivity index (χ4n) is 8.66. The number of carbonyl (C=O) groups excluding carboxylic acids is 3. The van der Waals surface area contributed by atoms with Crippen LogP contribution in [0, 0.1) is 11.8 Å². The van der Waals surface area contributed by atoms with Crippen LogP contribution in [-0.2, 0) is 53.9 Å². The fraction of sp³-hybridized carbons (Fsp3) is 0.635. The SMILES string of the molecule is CCc1c(Cl)c(O)c(Cl)c(O)c1C(=O)O[C@H]1[C@H](O)[C@H](OC)[C@H](OC/C2=C\C=C\C[C@H](O)/C(C)=C/[C@H](CC)[C@@H](O[C@@H]3OC(C)(C)[C@@H](OC(=O)C(C)CO)[C@H](O)[C@@H]3O)/C(C)=C/C(C)=C/C[C@@H]([C@@H](C)O)OC2=O)O[C@@H]1C. The van der Waals surface area contributed by atoms with Gasteiger partial charge in [-0.1, -0.05) is 73.0 Å². The molecular weight excluding hydrogens is 999 g/mol. The normalized spacial score (nSPS) is 34.9. The molecule has 0 radical (unpaired) electrons. The molecule has 19 nitrogen and oxygen atoms in total. The highest BCUT2D eigenvalue weighted by Gasteiger charge is 2.53. The number of phenols is 2. The predicted octanol–water partition coefficient (Wildman–Crippen LogP) is 5.21. The molecule has 1 aromatic rings. The Morgan fingerprint density at radius 2 is 1.59 bits per heavy atom. The van der Waals surface area contributed by atoms with Gasteiger partial charge in [0, 0.05) is 19.4 Å². The van der Waals surface area contributed by atoms with Gasteiger partial charge in [0.25, 0.3) is 0 Å². The molecule has 1 aromatic carbocycles. The number of aromatic hydroxyl groups is 2. The van der Waals surface area contributed by atoms with E-state index in [1.54, 1.807) is 53.7 Å². The molecule has 15 atom stereocenters. The smallest absolute Gasteiger partial charge is 0.342 e. The number of allylic oxidation sites excluding steroid dienone is 4. The highest BCUT2D eigenvalue weighted by Crippen LogP contribution is 2.45. The third kappa shape index (κ3) is 15.1. The number of benzene rings is 1. The molecule has 21 heteroatoms. The number of methoxy groups -OCH3 is 1. The van der Waals surface area contributed by atoms with Crippen molar-refractivity contribution in [1.82, 2.24) is 0 Å². The third-order valence-electron chi connectivity index (χ3n) is 13.2. The van der Waals surface area contributed by atoms with Gasteiger partial charge < -0.3 is 78.7 Å². The van der Waals surface area contributed by atoms with E-state index in [1.807, 2.05) is 19.1 Å². The number of aliphatic hydroxyl groups excluding tert-OH is 6. The number of cyclic esters (lactones) is 1. The van der Waals surface area contributed by atoms with E-state index in [0.717, 1.165) is 0 Å². The lowest BCUT2D eigenvalue weighted by atomic mass is 9.88. The van der Waals surface area contributed by atoms with E-state index < -0.39 is 150 Å². The molecule has 2 fully saturated rings. The molecule has 3 aliphatic heterocycles. The quantitative estimate of drug-likeness (QED) is 0.0674. The van der Waals surface area contributed by atoms with E-state index in [9.17, 15) is 55.2 Å². The number of carbonyl (C=O) groups is 3. The second-order valence-electron chi connectivity index (χ2n) is 19.3. The minimum atomic E-state index is -1.67. The van der Waals surface area contributed by atoms with Crippen LogP contribution in [0.4, 0.5) is 0 Å². The van der Waals surface area contributed by atoms with E-state index >= 15 is 0 Å². The Labute approximate surface area is 436 Å². The van der Waals surface area contributed by atoms with Gasteiger partial charge in [0.2, 0.25) is 0 Å². The van der Waals surface area contributed by atoms with Crippen LogP contribution in [0.25, 0.3) is 0 Å². The van der Waals surface area contributed by atoms with E-state index in [-0.39, 0.29) is 35.4 Å². The first-order chi connectivity index (χ1) is 34.2. The summed E-state index contributed by atoms with van der Waals surface area (Å²) in [6.45, 7) is 15.5. The van der Waals surface area contributed by atoms with E-state index in [2.05, 4.69) is 0 Å². The lowest BCUT2D eigenvalue weighted by Crippen LogP contribution is -2.64. The molecule has 3 aliphatic rings. The highest BCUT2D eigenvalue weighted by atomic mass is 35.5. The monoisotopic (exact) mass is 1070 g/mol. The van der Waals surface area contributed by atoms with Crippen LogP contribution in [0.5, 0.6) is 11.5 Å². The van der Waals surface area contributed by atoms with Crippen LogP contribution in [0.2, 0.25) is 10.0 Å². The second-order valence-corrected chi connectivity index (χ2v) is 20.0. The molecule has 0 saturated carbocycles. The summed E-state index contributed by atoms with van der Waals surface area (Å²) in [4.78, 5) is 40.1. The molecule has 0 aromatic heterocycles. The molecule has 4 rings (SSSR count). The Balaban J connectivity index is 1.60. The second kappa shape index (κ2) is 27.2. The van der Waals surface area contributed by atoms with Crippen molar-refractivity contribution in [3.05, 3.63) is 79.9 Å². The fourth-order valence-corrected chi connectivity index (χ4v) is 9.22. The molecule has 0 amide bonds. The highest BCUT2D eigenvalue weighted by molar-refractivity contribution is 6.39. The zero-order chi connectivity index (χ0) is 54.8. The maximum absolute atomic E-state index is 14.0. The maximum Gasteiger partial charge on any atom is 0.342 e. The van der Waals surface area contributed by atoms with Gasteiger partial charge >= 0.3 is 17.9 Å². The average Bonchev–Trinajstić information content (AvgIpc) is 3.34. The minimum Gasteiger partial charge on any atom is -0.505 e. The van der Waals surface area contributed by atoms with Crippen molar-refractivity contribution < 1.29 is 93.1 Å². The van der Waals surface area contributed by atoms with Gasteiger partial charge in [-0.25, -0.2) is 9.59 Å². The predicted molar refractivity (Wildman–Crippen MR) is 267 cm³/mol. The molecule has 0 spiro atoms. The first kappa shape index (κ1) is 61.6.